The molecular formula is C9H13N3O2. The van der Waals surface area contributed by atoms with Crippen LogP contribution < -0.4 is 0 Å². The molecule has 1 aliphatic rings. The Labute approximate surface area is 82.1 Å². The molecule has 1 aromatic rings. The van der Waals surface area contributed by atoms with E-state index < -0.39 is 0 Å². The Morgan fingerprint density at radius 2 is 2.29 bits per heavy atom. The number of nitrogens with zero attached hydrogens (tertiary/aromatic N) is 3. The van der Waals surface area contributed by atoms with Crippen LogP contribution >= 0.6 is 0 Å². The van der Waals surface area contributed by atoms with E-state index in [-0.39, 0.29) is 5.97 Å². The lowest BCUT2D eigenvalue weighted by atomic mass is 10.2. The van der Waals surface area contributed by atoms with E-state index in [1.54, 1.807) is 14.0 Å². The second kappa shape index (κ2) is 3.40. The van der Waals surface area contributed by atoms with Gasteiger partial charge in [-0.3, -0.25) is 0 Å². The van der Waals surface area contributed by atoms with E-state index in [4.69, 9.17) is 4.74 Å². The van der Waals surface area contributed by atoms with Crippen LogP contribution in [0.2, 0.25) is 0 Å². The molecular weight excluding hydrogens is 182 g/mol. The number of rotatable bonds is 3. The van der Waals surface area contributed by atoms with Crippen LogP contribution in [0.5, 0.6) is 0 Å². The molecule has 76 valence electrons. The van der Waals surface area contributed by atoms with Gasteiger partial charge in [0.25, 0.3) is 0 Å². The molecule has 0 bridgehead atoms. The van der Waals surface area contributed by atoms with Crippen molar-refractivity contribution in [1.82, 2.24) is 15.0 Å². The summed E-state index contributed by atoms with van der Waals surface area (Å²) in [6.07, 6.45) is 2.20. The molecule has 0 N–H and O–H groups in total. The minimum Gasteiger partial charge on any atom is -0.461 e. The van der Waals surface area contributed by atoms with Gasteiger partial charge < -0.3 is 4.74 Å². The zero-order valence-electron chi connectivity index (χ0n) is 8.36. The quantitative estimate of drug-likeness (QED) is 0.671. The Balaban J connectivity index is 2.26. The van der Waals surface area contributed by atoms with Crippen LogP contribution in [0.25, 0.3) is 0 Å². The number of carbonyl (C=O) groups is 1. The van der Waals surface area contributed by atoms with E-state index >= 15 is 0 Å². The fourth-order valence-corrected chi connectivity index (χ4v) is 1.40. The van der Waals surface area contributed by atoms with Crippen molar-refractivity contribution < 1.29 is 9.53 Å². The van der Waals surface area contributed by atoms with Gasteiger partial charge in [0.2, 0.25) is 0 Å². The van der Waals surface area contributed by atoms with Crippen LogP contribution in [0, 0.1) is 0 Å². The fourth-order valence-electron chi connectivity index (χ4n) is 1.40. The number of aryl methyl sites for hydroxylation is 1. The summed E-state index contributed by atoms with van der Waals surface area (Å²) >= 11 is 0. The first-order chi connectivity index (χ1) is 6.72. The average molecular weight is 195 g/mol. The first-order valence-electron chi connectivity index (χ1n) is 4.80. The van der Waals surface area contributed by atoms with Crippen molar-refractivity contribution in [3.8, 4) is 0 Å². The summed E-state index contributed by atoms with van der Waals surface area (Å²) in [5.41, 5.74) is 1.18. The van der Waals surface area contributed by atoms with Crippen LogP contribution in [-0.2, 0) is 11.8 Å². The molecule has 0 spiro atoms. The summed E-state index contributed by atoms with van der Waals surface area (Å²) in [4.78, 5) is 12.9. The normalized spacial score (nSPS) is 15.6. The van der Waals surface area contributed by atoms with Crippen molar-refractivity contribution >= 4 is 5.97 Å². The number of hydrogen-bond acceptors (Lipinski definition) is 4. The molecule has 1 aromatic heterocycles. The summed E-state index contributed by atoms with van der Waals surface area (Å²) in [6.45, 7) is 2.16. The summed E-state index contributed by atoms with van der Waals surface area (Å²) in [5, 5.41) is 8.20. The van der Waals surface area contributed by atoms with Gasteiger partial charge in [0.05, 0.1) is 6.61 Å². The van der Waals surface area contributed by atoms with Gasteiger partial charge in [-0.15, -0.1) is 5.10 Å². The predicted molar refractivity (Wildman–Crippen MR) is 48.9 cm³/mol. The Kier molecular flexibility index (Phi) is 2.23. The van der Waals surface area contributed by atoms with Gasteiger partial charge in [-0.05, 0) is 19.8 Å². The maximum absolute atomic E-state index is 11.5. The molecule has 1 heterocycles. The maximum Gasteiger partial charge on any atom is 0.360 e. The molecule has 5 heteroatoms. The second-order valence-corrected chi connectivity index (χ2v) is 3.42. The number of aromatic nitrogens is 3. The van der Waals surface area contributed by atoms with Crippen LogP contribution in [0.4, 0.5) is 0 Å². The molecule has 1 fully saturated rings. The molecule has 1 aliphatic carbocycles. The van der Waals surface area contributed by atoms with Gasteiger partial charge >= 0.3 is 5.97 Å². The SMILES string of the molecule is CCOC(=O)c1nn(C)nc1C1CC1. The standard InChI is InChI=1S/C9H13N3O2/c1-3-14-9(13)8-7(6-4-5-6)10-12(2)11-8/h6H,3-5H2,1-2H3. The van der Waals surface area contributed by atoms with Crippen molar-refractivity contribution in [1.29, 1.82) is 0 Å². The molecule has 0 aliphatic heterocycles. The lowest BCUT2D eigenvalue weighted by Gasteiger charge is -1.98. The summed E-state index contributed by atoms with van der Waals surface area (Å²) in [5.74, 6) is 0.0607. The Hall–Kier alpha value is -1.39. The minimum atomic E-state index is -0.359. The van der Waals surface area contributed by atoms with E-state index in [9.17, 15) is 4.79 Å². The molecule has 2 rings (SSSR count). The van der Waals surface area contributed by atoms with Crippen LogP contribution in [0.3, 0.4) is 0 Å². The van der Waals surface area contributed by atoms with Gasteiger partial charge in [-0.25, -0.2) is 4.79 Å². The third-order valence-corrected chi connectivity index (χ3v) is 2.17. The Morgan fingerprint density at radius 1 is 1.57 bits per heavy atom. The molecule has 14 heavy (non-hydrogen) atoms. The molecule has 0 radical (unpaired) electrons. The highest BCUT2D eigenvalue weighted by atomic mass is 16.5. The molecule has 0 aromatic carbocycles. The third-order valence-electron chi connectivity index (χ3n) is 2.17. The van der Waals surface area contributed by atoms with Gasteiger partial charge in [-0.2, -0.15) is 9.90 Å². The van der Waals surface area contributed by atoms with Gasteiger partial charge in [0.1, 0.15) is 5.69 Å². The summed E-state index contributed by atoms with van der Waals surface area (Å²) in [7, 11) is 1.72. The van der Waals surface area contributed by atoms with Crippen molar-refractivity contribution in [3.05, 3.63) is 11.4 Å². The van der Waals surface area contributed by atoms with Crippen molar-refractivity contribution in [2.24, 2.45) is 7.05 Å². The summed E-state index contributed by atoms with van der Waals surface area (Å²) in [6, 6.07) is 0. The molecule has 0 unspecified atom stereocenters. The van der Waals surface area contributed by atoms with E-state index in [1.165, 1.54) is 4.80 Å². The van der Waals surface area contributed by atoms with E-state index in [1.807, 2.05) is 0 Å². The molecule has 1 saturated carbocycles. The monoisotopic (exact) mass is 195 g/mol. The smallest absolute Gasteiger partial charge is 0.360 e. The average Bonchev–Trinajstić information content (AvgIpc) is 2.90. The fraction of sp³-hybridized carbons (Fsp3) is 0.667. The van der Waals surface area contributed by atoms with E-state index in [0.29, 0.717) is 18.2 Å². The van der Waals surface area contributed by atoms with E-state index in [2.05, 4.69) is 10.2 Å². The topological polar surface area (TPSA) is 57.0 Å². The molecule has 0 amide bonds. The predicted octanol–water partition coefficient (Wildman–Crippen LogP) is 0.869. The van der Waals surface area contributed by atoms with E-state index in [0.717, 1.165) is 18.5 Å². The lowest BCUT2D eigenvalue weighted by molar-refractivity contribution is 0.0517. The molecule has 0 saturated heterocycles. The zero-order valence-corrected chi connectivity index (χ0v) is 8.36. The Morgan fingerprint density at radius 3 is 2.86 bits per heavy atom. The molecule has 0 atom stereocenters. The van der Waals surface area contributed by atoms with Crippen molar-refractivity contribution in [3.63, 3.8) is 0 Å². The van der Waals surface area contributed by atoms with Gasteiger partial charge in [0, 0.05) is 13.0 Å². The van der Waals surface area contributed by atoms with Crippen LogP contribution in [0.15, 0.2) is 0 Å². The van der Waals surface area contributed by atoms with Gasteiger partial charge in [0.15, 0.2) is 5.69 Å². The molecule has 5 nitrogen and oxygen atoms in total. The number of ether oxygens (including phenoxy) is 1. The second-order valence-electron chi connectivity index (χ2n) is 3.42. The first kappa shape index (κ1) is 9.18. The van der Waals surface area contributed by atoms with Crippen molar-refractivity contribution in [2.75, 3.05) is 6.61 Å². The highest BCUT2D eigenvalue weighted by Gasteiger charge is 2.32. The maximum atomic E-state index is 11.5. The van der Waals surface area contributed by atoms with Gasteiger partial charge in [-0.1, -0.05) is 0 Å². The Bertz CT molecular complexity index is 355. The van der Waals surface area contributed by atoms with Crippen molar-refractivity contribution in [2.45, 2.75) is 25.7 Å². The zero-order chi connectivity index (χ0) is 10.1. The lowest BCUT2D eigenvalue weighted by Crippen LogP contribution is -2.08. The van der Waals surface area contributed by atoms with Crippen LogP contribution in [-0.4, -0.2) is 27.6 Å². The number of esters is 1. The largest absolute Gasteiger partial charge is 0.461 e. The van der Waals surface area contributed by atoms with Crippen LogP contribution in [0.1, 0.15) is 41.9 Å². The number of hydrogen-bond donors (Lipinski definition) is 0. The summed E-state index contributed by atoms with van der Waals surface area (Å²) < 4.78 is 4.91. The minimum absolute atomic E-state index is 0.359. The third kappa shape index (κ3) is 1.62. The highest BCUT2D eigenvalue weighted by Crippen LogP contribution is 2.40. The number of carbonyl (C=O) groups excluding carboxylic acids is 1. The highest BCUT2D eigenvalue weighted by molar-refractivity contribution is 5.88. The first-order valence-corrected chi connectivity index (χ1v) is 4.80.